The van der Waals surface area contributed by atoms with Gasteiger partial charge in [0, 0.05) is 35.7 Å². The lowest BCUT2D eigenvalue weighted by Gasteiger charge is -2.09. The van der Waals surface area contributed by atoms with Crippen molar-refractivity contribution in [2.75, 3.05) is 7.11 Å². The van der Waals surface area contributed by atoms with Crippen molar-refractivity contribution in [3.05, 3.63) is 42.2 Å². The maximum atomic E-state index is 12.7. The van der Waals surface area contributed by atoms with Gasteiger partial charge in [0.2, 0.25) is 0 Å². The smallest absolute Gasteiger partial charge is 0.487 e. The van der Waals surface area contributed by atoms with Gasteiger partial charge in [0.1, 0.15) is 11.5 Å². The molecule has 2 heterocycles. The van der Waals surface area contributed by atoms with Crippen LogP contribution in [0, 0.1) is 0 Å². The summed E-state index contributed by atoms with van der Waals surface area (Å²) in [7, 11) is 1.59. The third-order valence-corrected chi connectivity index (χ3v) is 4.03. The van der Waals surface area contributed by atoms with Gasteiger partial charge in [-0.2, -0.15) is 0 Å². The Morgan fingerprint density at radius 1 is 1.25 bits per heavy atom. The first kappa shape index (κ1) is 16.8. The van der Waals surface area contributed by atoms with Crippen LogP contribution in [0.15, 0.2) is 41.7 Å². The van der Waals surface area contributed by atoms with Crippen LogP contribution >= 0.6 is 23.4 Å². The molecule has 5 nitrogen and oxygen atoms in total. The van der Waals surface area contributed by atoms with Crippen LogP contribution < -0.4 is 9.47 Å². The molecule has 0 aliphatic heterocycles. The highest BCUT2D eigenvalue weighted by Crippen LogP contribution is 2.29. The number of nitrogens with zero attached hydrogens (tertiary/aromatic N) is 2. The van der Waals surface area contributed by atoms with Crippen LogP contribution in [0.5, 0.6) is 11.5 Å². The molecule has 0 unspecified atom stereocenters. The number of aromatic amines is 1. The number of rotatable bonds is 6. The van der Waals surface area contributed by atoms with Gasteiger partial charge in [-0.05, 0) is 18.2 Å². The highest BCUT2D eigenvalue weighted by atomic mass is 35.5. The van der Waals surface area contributed by atoms with E-state index in [2.05, 4.69) is 19.7 Å². The summed E-state index contributed by atoms with van der Waals surface area (Å²) in [5.41, 5.74) is -1.69. The van der Waals surface area contributed by atoms with Crippen LogP contribution in [0.2, 0.25) is 0 Å². The zero-order valence-corrected chi connectivity index (χ0v) is 14.0. The lowest BCUT2D eigenvalue weighted by molar-refractivity contribution is -0.0964. The number of methoxy groups -OCH3 is 1. The number of ether oxygens (including phenoxy) is 2. The van der Waals surface area contributed by atoms with Crippen molar-refractivity contribution in [2.45, 2.75) is 16.5 Å². The molecule has 9 heteroatoms. The van der Waals surface area contributed by atoms with Gasteiger partial charge in [0.05, 0.1) is 23.8 Å². The standard InChI is InChI=1S/C15H12ClF2N3O2S/c1-22-10-4-5-19-9(6-10)8-24-14-20-12-3-2-11(7-13(12)21-14)23-15(16,17)18/h2-7H,8H2,1H3,(H,20,21). The zero-order chi connectivity index (χ0) is 17.2. The average Bonchev–Trinajstić information content (AvgIpc) is 2.93. The van der Waals surface area contributed by atoms with Crippen molar-refractivity contribution in [3.63, 3.8) is 0 Å². The van der Waals surface area contributed by atoms with Crippen LogP contribution in [0.3, 0.4) is 0 Å². The number of H-pyrrole nitrogens is 1. The molecule has 1 aromatic carbocycles. The number of aromatic nitrogens is 3. The molecule has 0 saturated carbocycles. The largest absolute Gasteiger partial charge is 0.497 e. The normalized spacial score (nSPS) is 11.7. The molecule has 3 rings (SSSR count). The first-order valence-electron chi connectivity index (χ1n) is 6.80. The van der Waals surface area contributed by atoms with Crippen molar-refractivity contribution in [1.82, 2.24) is 15.0 Å². The van der Waals surface area contributed by atoms with E-state index >= 15 is 0 Å². The van der Waals surface area contributed by atoms with E-state index < -0.39 is 5.57 Å². The van der Waals surface area contributed by atoms with Crippen LogP contribution in [0.4, 0.5) is 8.78 Å². The Morgan fingerprint density at radius 2 is 2.08 bits per heavy atom. The van der Waals surface area contributed by atoms with E-state index in [1.165, 1.54) is 23.9 Å². The highest BCUT2D eigenvalue weighted by molar-refractivity contribution is 7.98. The van der Waals surface area contributed by atoms with Crippen molar-refractivity contribution in [1.29, 1.82) is 0 Å². The lowest BCUT2D eigenvalue weighted by Crippen LogP contribution is -2.15. The van der Waals surface area contributed by atoms with E-state index in [-0.39, 0.29) is 5.75 Å². The molecule has 0 amide bonds. The summed E-state index contributed by atoms with van der Waals surface area (Å²) in [6.07, 6.45) is 1.67. The van der Waals surface area contributed by atoms with E-state index in [9.17, 15) is 8.78 Å². The van der Waals surface area contributed by atoms with Gasteiger partial charge in [0.25, 0.3) is 0 Å². The number of hydrogen-bond acceptors (Lipinski definition) is 5. The maximum Gasteiger partial charge on any atom is 0.487 e. The SMILES string of the molecule is COc1ccnc(CSc2nc3cc(OC(F)(F)Cl)ccc3[nH]2)c1. The Kier molecular flexibility index (Phi) is 4.77. The van der Waals surface area contributed by atoms with Crippen LogP contribution in [-0.4, -0.2) is 27.6 Å². The highest BCUT2D eigenvalue weighted by Gasteiger charge is 2.27. The number of pyridine rings is 1. The number of hydrogen-bond donors (Lipinski definition) is 1. The molecule has 0 fully saturated rings. The summed E-state index contributed by atoms with van der Waals surface area (Å²) >= 11 is 6.20. The van der Waals surface area contributed by atoms with Gasteiger partial charge in [-0.15, -0.1) is 8.78 Å². The molecular weight excluding hydrogens is 360 g/mol. The minimum absolute atomic E-state index is 0.0555. The number of imidazole rings is 1. The minimum Gasteiger partial charge on any atom is -0.497 e. The Hall–Kier alpha value is -2.06. The lowest BCUT2D eigenvalue weighted by atomic mass is 10.3. The van der Waals surface area contributed by atoms with Crippen molar-refractivity contribution in [3.8, 4) is 11.5 Å². The molecule has 0 aliphatic rings. The maximum absolute atomic E-state index is 12.7. The number of alkyl halides is 3. The third-order valence-electron chi connectivity index (χ3n) is 3.05. The molecule has 2 aromatic heterocycles. The average molecular weight is 372 g/mol. The second kappa shape index (κ2) is 6.82. The zero-order valence-electron chi connectivity index (χ0n) is 12.4. The molecular formula is C15H12ClF2N3O2S. The number of nitrogens with one attached hydrogen (secondary N) is 1. The molecule has 24 heavy (non-hydrogen) atoms. The molecule has 0 saturated heterocycles. The Morgan fingerprint density at radius 3 is 2.83 bits per heavy atom. The first-order valence-corrected chi connectivity index (χ1v) is 8.16. The van der Waals surface area contributed by atoms with E-state index in [0.29, 0.717) is 21.9 Å². The topological polar surface area (TPSA) is 60.0 Å². The predicted octanol–water partition coefficient (Wildman–Crippen LogP) is 4.43. The molecule has 1 N–H and O–H groups in total. The summed E-state index contributed by atoms with van der Waals surface area (Å²) < 4.78 is 34.8. The van der Waals surface area contributed by atoms with Gasteiger partial charge in [-0.25, -0.2) is 4.98 Å². The van der Waals surface area contributed by atoms with E-state index in [1.54, 1.807) is 25.4 Å². The Balaban J connectivity index is 1.73. The quantitative estimate of drug-likeness (QED) is 0.513. The van der Waals surface area contributed by atoms with Gasteiger partial charge < -0.3 is 14.5 Å². The Labute approximate surface area is 145 Å². The van der Waals surface area contributed by atoms with Crippen molar-refractivity contribution in [2.24, 2.45) is 0 Å². The van der Waals surface area contributed by atoms with Crippen LogP contribution in [0.25, 0.3) is 11.0 Å². The summed E-state index contributed by atoms with van der Waals surface area (Å²) in [5.74, 6) is 1.26. The van der Waals surface area contributed by atoms with Gasteiger partial charge in [-0.1, -0.05) is 11.8 Å². The molecule has 0 aliphatic carbocycles. The fourth-order valence-corrected chi connectivity index (χ4v) is 2.91. The molecule has 0 radical (unpaired) electrons. The van der Waals surface area contributed by atoms with Gasteiger partial charge >= 0.3 is 5.57 Å². The van der Waals surface area contributed by atoms with E-state index in [1.807, 2.05) is 6.07 Å². The van der Waals surface area contributed by atoms with E-state index in [0.717, 1.165) is 11.4 Å². The fourth-order valence-electron chi connectivity index (χ4n) is 2.03. The third kappa shape index (κ3) is 4.27. The van der Waals surface area contributed by atoms with E-state index in [4.69, 9.17) is 16.3 Å². The fraction of sp³-hybridized carbons (Fsp3) is 0.200. The molecule has 0 atom stereocenters. The van der Waals surface area contributed by atoms with Gasteiger partial charge in [-0.3, -0.25) is 4.98 Å². The number of thioether (sulfide) groups is 1. The second-order valence-corrected chi connectivity index (χ2v) is 6.15. The van der Waals surface area contributed by atoms with Crippen molar-refractivity contribution < 1.29 is 18.3 Å². The molecule has 0 bridgehead atoms. The summed E-state index contributed by atoms with van der Waals surface area (Å²) in [6, 6.07) is 8.01. The summed E-state index contributed by atoms with van der Waals surface area (Å²) in [4.78, 5) is 11.7. The molecule has 126 valence electrons. The monoisotopic (exact) mass is 371 g/mol. The van der Waals surface area contributed by atoms with Gasteiger partial charge in [0.15, 0.2) is 5.16 Å². The number of fused-ring (bicyclic) bond motifs is 1. The number of halogens is 3. The predicted molar refractivity (Wildman–Crippen MR) is 87.9 cm³/mol. The van der Waals surface area contributed by atoms with Crippen molar-refractivity contribution >= 4 is 34.4 Å². The first-order chi connectivity index (χ1) is 11.4. The number of benzene rings is 1. The van der Waals surface area contributed by atoms with Crippen LogP contribution in [0.1, 0.15) is 5.69 Å². The molecule has 3 aromatic rings. The Bertz CT molecular complexity index is 854. The minimum atomic E-state index is -3.75. The second-order valence-electron chi connectivity index (χ2n) is 4.74. The molecule has 0 spiro atoms. The summed E-state index contributed by atoms with van der Waals surface area (Å²) in [5, 5.41) is 0.643. The van der Waals surface area contributed by atoms with Crippen LogP contribution in [-0.2, 0) is 5.75 Å². The summed E-state index contributed by atoms with van der Waals surface area (Å²) in [6.45, 7) is 0.